The number of hydrogen-bond donors (Lipinski definition) is 0. The molecule has 7 nitrogen and oxygen atoms in total. The summed E-state index contributed by atoms with van der Waals surface area (Å²) in [6, 6.07) is 12.5. The van der Waals surface area contributed by atoms with Crippen molar-refractivity contribution in [2.75, 3.05) is 23.9 Å². The van der Waals surface area contributed by atoms with E-state index in [2.05, 4.69) is 4.74 Å². The van der Waals surface area contributed by atoms with E-state index in [1.807, 2.05) is 0 Å². The van der Waals surface area contributed by atoms with Crippen LogP contribution in [0.1, 0.15) is 33.6 Å². The van der Waals surface area contributed by atoms with Gasteiger partial charge in [0.25, 0.3) is 10.0 Å². The van der Waals surface area contributed by atoms with Crippen molar-refractivity contribution in [3.63, 3.8) is 0 Å². The first-order chi connectivity index (χ1) is 16.2. The second kappa shape index (κ2) is 10.3. The summed E-state index contributed by atoms with van der Waals surface area (Å²) in [6.07, 6.45) is -3.93. The number of para-hydroxylation sites is 1. The van der Waals surface area contributed by atoms with Gasteiger partial charge in [0.2, 0.25) is 0 Å². The van der Waals surface area contributed by atoms with Gasteiger partial charge >= 0.3 is 12.5 Å². The van der Waals surface area contributed by atoms with E-state index in [0.717, 1.165) is 24.3 Å². The highest BCUT2D eigenvalue weighted by atomic mass is 32.2. The van der Waals surface area contributed by atoms with Gasteiger partial charge in [0.1, 0.15) is 11.4 Å². The summed E-state index contributed by atoms with van der Waals surface area (Å²) in [5.41, 5.74) is -0.233. The number of carbonyl (C=O) groups excluding carboxylic acids is 1. The second-order valence-electron chi connectivity index (χ2n) is 9.33. The molecule has 1 aliphatic rings. The fourth-order valence-corrected chi connectivity index (χ4v) is 5.36. The Balaban J connectivity index is 1.84. The lowest BCUT2D eigenvalue weighted by atomic mass is 9.98. The van der Waals surface area contributed by atoms with Gasteiger partial charge in [-0.05, 0) is 75.9 Å². The minimum absolute atomic E-state index is 0.0897. The highest BCUT2D eigenvalue weighted by molar-refractivity contribution is 7.92. The molecule has 0 aromatic heterocycles. The Labute approximate surface area is 203 Å². The van der Waals surface area contributed by atoms with Crippen LogP contribution in [0.5, 0.6) is 5.75 Å². The zero-order valence-corrected chi connectivity index (χ0v) is 20.6. The van der Waals surface area contributed by atoms with Gasteiger partial charge in [-0.1, -0.05) is 18.2 Å². The van der Waals surface area contributed by atoms with Gasteiger partial charge in [-0.2, -0.15) is 0 Å². The molecule has 0 aliphatic carbocycles. The number of piperidine rings is 1. The van der Waals surface area contributed by atoms with Gasteiger partial charge in [-0.15, -0.1) is 13.2 Å². The van der Waals surface area contributed by atoms with E-state index in [9.17, 15) is 26.4 Å². The number of benzene rings is 2. The van der Waals surface area contributed by atoms with Crippen molar-refractivity contribution in [2.24, 2.45) is 5.92 Å². The highest BCUT2D eigenvalue weighted by Gasteiger charge is 2.34. The Kier molecular flexibility index (Phi) is 7.88. The number of sulfonamides is 1. The Morgan fingerprint density at radius 3 is 2.26 bits per heavy atom. The summed E-state index contributed by atoms with van der Waals surface area (Å²) in [4.78, 5) is 14.0. The van der Waals surface area contributed by atoms with E-state index in [-0.39, 0.29) is 17.4 Å². The Bertz CT molecular complexity index is 1100. The molecule has 0 saturated carbocycles. The van der Waals surface area contributed by atoms with Crippen LogP contribution in [0.25, 0.3) is 0 Å². The van der Waals surface area contributed by atoms with Crippen molar-refractivity contribution in [3.8, 4) is 5.75 Å². The maximum Gasteiger partial charge on any atom is 0.573 e. The number of anilines is 1. The second-order valence-corrected chi connectivity index (χ2v) is 11.2. The van der Waals surface area contributed by atoms with Crippen LogP contribution in [0, 0.1) is 5.92 Å². The fraction of sp³-hybridized carbons (Fsp3) is 0.458. The molecule has 11 heteroatoms. The predicted octanol–water partition coefficient (Wildman–Crippen LogP) is 5.43. The molecule has 1 atom stereocenters. The Hall–Kier alpha value is -2.95. The van der Waals surface area contributed by atoms with Gasteiger partial charge in [-0.25, -0.2) is 13.2 Å². The topological polar surface area (TPSA) is 76.2 Å². The van der Waals surface area contributed by atoms with Crippen LogP contribution >= 0.6 is 0 Å². The van der Waals surface area contributed by atoms with E-state index in [1.54, 1.807) is 56.0 Å². The number of hydrogen-bond acceptors (Lipinski definition) is 5. The van der Waals surface area contributed by atoms with Crippen LogP contribution in [0.4, 0.5) is 23.7 Å². The number of carbonyl (C=O) groups is 1. The first-order valence-corrected chi connectivity index (χ1v) is 12.6. The number of alkyl halides is 3. The van der Waals surface area contributed by atoms with Crippen LogP contribution in [0.15, 0.2) is 59.5 Å². The molecule has 0 N–H and O–H groups in total. The van der Waals surface area contributed by atoms with Crippen molar-refractivity contribution in [1.82, 2.24) is 4.90 Å². The molecule has 1 fully saturated rings. The monoisotopic (exact) mass is 514 g/mol. The lowest BCUT2D eigenvalue weighted by molar-refractivity contribution is -0.274. The maximum absolute atomic E-state index is 13.6. The van der Waals surface area contributed by atoms with Crippen LogP contribution in [-0.2, 0) is 14.8 Å². The zero-order chi connectivity index (χ0) is 25.9. The number of likely N-dealkylation sites (tertiary alicyclic amines) is 1. The Morgan fingerprint density at radius 2 is 1.69 bits per heavy atom. The maximum atomic E-state index is 13.6. The molecule has 0 bridgehead atoms. The molecule has 0 radical (unpaired) electrons. The van der Waals surface area contributed by atoms with E-state index in [1.165, 1.54) is 4.31 Å². The highest BCUT2D eigenvalue weighted by Crippen LogP contribution is 2.30. The van der Waals surface area contributed by atoms with Gasteiger partial charge in [-0.3, -0.25) is 4.31 Å². The first-order valence-electron chi connectivity index (χ1n) is 11.2. The molecule has 1 unspecified atom stereocenters. The average Bonchev–Trinajstić information content (AvgIpc) is 2.76. The Morgan fingerprint density at radius 1 is 1.06 bits per heavy atom. The molecule has 1 saturated heterocycles. The van der Waals surface area contributed by atoms with Crippen LogP contribution in [-0.4, -0.2) is 51.0 Å². The third kappa shape index (κ3) is 7.51. The minimum atomic E-state index is -4.88. The zero-order valence-electron chi connectivity index (χ0n) is 19.8. The van der Waals surface area contributed by atoms with Crippen molar-refractivity contribution in [3.05, 3.63) is 54.6 Å². The number of nitrogens with zero attached hydrogens (tertiary/aromatic N) is 2. The minimum Gasteiger partial charge on any atom is -0.444 e. The number of ether oxygens (including phenoxy) is 2. The van der Waals surface area contributed by atoms with E-state index in [0.29, 0.717) is 31.6 Å². The molecular weight excluding hydrogens is 485 g/mol. The molecular formula is C24H29F3N2O5S. The summed E-state index contributed by atoms with van der Waals surface area (Å²) < 4.78 is 75.1. The molecule has 1 heterocycles. The van der Waals surface area contributed by atoms with Crippen LogP contribution < -0.4 is 9.04 Å². The third-order valence-corrected chi connectivity index (χ3v) is 7.09. The van der Waals surface area contributed by atoms with Gasteiger partial charge in [0, 0.05) is 19.6 Å². The fourth-order valence-electron chi connectivity index (χ4n) is 3.82. The molecule has 192 valence electrons. The van der Waals surface area contributed by atoms with E-state index in [4.69, 9.17) is 4.74 Å². The smallest absolute Gasteiger partial charge is 0.444 e. The number of halogens is 3. The van der Waals surface area contributed by atoms with Crippen molar-refractivity contribution in [2.45, 2.75) is 50.5 Å². The lowest BCUT2D eigenvalue weighted by Crippen LogP contribution is -2.46. The van der Waals surface area contributed by atoms with E-state index < -0.39 is 33.8 Å². The normalized spacial score (nSPS) is 17.1. The average molecular weight is 515 g/mol. The summed E-state index contributed by atoms with van der Waals surface area (Å²) in [5, 5.41) is 0. The lowest BCUT2D eigenvalue weighted by Gasteiger charge is -2.36. The van der Waals surface area contributed by atoms with Crippen molar-refractivity contribution in [1.29, 1.82) is 0 Å². The van der Waals surface area contributed by atoms with Crippen molar-refractivity contribution < 1.29 is 35.9 Å². The van der Waals surface area contributed by atoms with Gasteiger partial charge in [0.15, 0.2) is 0 Å². The van der Waals surface area contributed by atoms with Crippen molar-refractivity contribution >= 4 is 21.8 Å². The molecule has 3 rings (SSSR count). The molecule has 2 aromatic carbocycles. The summed E-state index contributed by atoms with van der Waals surface area (Å²) in [6.45, 7) is 6.27. The van der Waals surface area contributed by atoms with Gasteiger partial charge in [0.05, 0.1) is 10.6 Å². The largest absolute Gasteiger partial charge is 0.573 e. The van der Waals surface area contributed by atoms with Crippen LogP contribution in [0.3, 0.4) is 0 Å². The van der Waals surface area contributed by atoms with E-state index >= 15 is 0 Å². The number of amides is 1. The predicted molar refractivity (Wildman–Crippen MR) is 125 cm³/mol. The summed E-state index contributed by atoms with van der Waals surface area (Å²) >= 11 is 0. The summed E-state index contributed by atoms with van der Waals surface area (Å²) in [5.74, 6) is -0.679. The number of rotatable bonds is 6. The first kappa shape index (κ1) is 26.7. The summed E-state index contributed by atoms with van der Waals surface area (Å²) in [7, 11) is -4.12. The quantitative estimate of drug-likeness (QED) is 0.514. The molecule has 1 amide bonds. The molecule has 0 spiro atoms. The third-order valence-electron chi connectivity index (χ3n) is 5.28. The standard InChI is InChI=1S/C24H29F3N2O5S/c1-23(2,3)34-22(30)28-15-7-8-18(16-28)17-29(19-9-5-4-6-10-19)35(31,32)21-13-11-20(12-14-21)33-24(25,26)27/h4-6,9-14,18H,7-8,15-17H2,1-3H3. The molecule has 2 aromatic rings. The van der Waals surface area contributed by atoms with Crippen LogP contribution in [0.2, 0.25) is 0 Å². The molecule has 1 aliphatic heterocycles. The van der Waals surface area contributed by atoms with Gasteiger partial charge < -0.3 is 14.4 Å². The molecule has 35 heavy (non-hydrogen) atoms. The SMILES string of the molecule is CC(C)(C)OC(=O)N1CCCC(CN(c2ccccc2)S(=O)(=O)c2ccc(OC(F)(F)F)cc2)C1.